The van der Waals surface area contributed by atoms with Gasteiger partial charge in [0, 0.05) is 12.6 Å². The molecule has 18 heavy (non-hydrogen) atoms. The minimum absolute atomic E-state index is 0.185. The van der Waals surface area contributed by atoms with E-state index >= 15 is 0 Å². The molecule has 1 aliphatic rings. The Labute approximate surface area is 112 Å². The van der Waals surface area contributed by atoms with Gasteiger partial charge in [0.2, 0.25) is 0 Å². The zero-order valence-corrected chi connectivity index (χ0v) is 11.7. The average Bonchev–Trinajstić information content (AvgIpc) is 2.70. The summed E-state index contributed by atoms with van der Waals surface area (Å²) in [6, 6.07) is 2.30. The lowest BCUT2D eigenvalue weighted by atomic mass is 9.93. The summed E-state index contributed by atoms with van der Waals surface area (Å²) in [5.41, 5.74) is 1.29. The van der Waals surface area contributed by atoms with Gasteiger partial charge in [-0.3, -0.25) is 9.69 Å². The normalized spacial score (nSPS) is 25.0. The first kappa shape index (κ1) is 13.6. The van der Waals surface area contributed by atoms with Crippen molar-refractivity contribution >= 4 is 17.3 Å². The average molecular weight is 267 g/mol. The first-order chi connectivity index (χ1) is 8.68. The Bertz CT molecular complexity index is 377. The van der Waals surface area contributed by atoms with Crippen molar-refractivity contribution in [2.45, 2.75) is 44.7 Å². The Balaban J connectivity index is 2.04. The van der Waals surface area contributed by atoms with E-state index in [0.717, 1.165) is 32.2 Å². The fraction of sp³-hybridized carbons (Fsp3) is 0.643. The molecule has 0 aromatic carbocycles. The van der Waals surface area contributed by atoms with Crippen LogP contribution < -0.4 is 0 Å². The van der Waals surface area contributed by atoms with Gasteiger partial charge in [-0.1, -0.05) is 19.3 Å². The Morgan fingerprint density at radius 3 is 2.89 bits per heavy atom. The summed E-state index contributed by atoms with van der Waals surface area (Å²) in [5, 5.41) is 13.6. The van der Waals surface area contributed by atoms with Crippen LogP contribution in [0.5, 0.6) is 0 Å². The van der Waals surface area contributed by atoms with Crippen molar-refractivity contribution in [2.75, 3.05) is 7.05 Å². The van der Waals surface area contributed by atoms with Crippen molar-refractivity contribution in [3.05, 3.63) is 22.4 Å². The molecular formula is C14H21NO2S. The van der Waals surface area contributed by atoms with Gasteiger partial charge in [-0.2, -0.15) is 11.3 Å². The molecule has 0 aliphatic heterocycles. The summed E-state index contributed by atoms with van der Waals surface area (Å²) in [4.78, 5) is 13.6. The fourth-order valence-electron chi connectivity index (χ4n) is 2.89. The zero-order valence-electron chi connectivity index (χ0n) is 10.8. The summed E-state index contributed by atoms with van der Waals surface area (Å²) in [6.45, 7) is 0.859. The van der Waals surface area contributed by atoms with E-state index in [-0.39, 0.29) is 12.0 Å². The van der Waals surface area contributed by atoms with Crippen LogP contribution in [0, 0.1) is 5.92 Å². The molecule has 0 amide bonds. The van der Waals surface area contributed by atoms with Crippen molar-refractivity contribution < 1.29 is 9.90 Å². The molecule has 0 spiro atoms. The van der Waals surface area contributed by atoms with E-state index in [2.05, 4.69) is 28.8 Å². The monoisotopic (exact) mass is 267 g/mol. The smallest absolute Gasteiger partial charge is 0.308 e. The van der Waals surface area contributed by atoms with Crippen LogP contribution in [0.4, 0.5) is 0 Å². The number of carbonyl (C=O) groups is 1. The number of thiophene rings is 1. The molecule has 1 aliphatic carbocycles. The highest BCUT2D eigenvalue weighted by Gasteiger charge is 2.32. The lowest BCUT2D eigenvalue weighted by molar-refractivity contribution is -0.144. The second-order valence-electron chi connectivity index (χ2n) is 5.20. The van der Waals surface area contributed by atoms with E-state index in [4.69, 9.17) is 0 Å². The number of carboxylic acids is 1. The number of carboxylic acid groups (broad SMARTS) is 1. The van der Waals surface area contributed by atoms with E-state index in [0.29, 0.717) is 0 Å². The molecular weight excluding hydrogens is 246 g/mol. The van der Waals surface area contributed by atoms with Gasteiger partial charge in [0.1, 0.15) is 0 Å². The highest BCUT2D eigenvalue weighted by molar-refractivity contribution is 7.07. The van der Waals surface area contributed by atoms with Crippen molar-refractivity contribution in [3.8, 4) is 0 Å². The quantitative estimate of drug-likeness (QED) is 0.852. The molecule has 1 N–H and O–H groups in total. The van der Waals surface area contributed by atoms with E-state index in [9.17, 15) is 9.90 Å². The number of hydrogen-bond donors (Lipinski definition) is 1. The predicted octanol–water partition coefficient (Wildman–Crippen LogP) is 3.21. The van der Waals surface area contributed by atoms with Gasteiger partial charge in [0.15, 0.2) is 0 Å². The van der Waals surface area contributed by atoms with Crippen LogP contribution in [-0.4, -0.2) is 29.1 Å². The van der Waals surface area contributed by atoms with Gasteiger partial charge in [0.25, 0.3) is 0 Å². The Hall–Kier alpha value is -0.870. The van der Waals surface area contributed by atoms with E-state index in [1.807, 2.05) is 0 Å². The van der Waals surface area contributed by atoms with Crippen molar-refractivity contribution in [1.29, 1.82) is 0 Å². The summed E-state index contributed by atoms with van der Waals surface area (Å²) in [7, 11) is 2.06. The fourth-order valence-corrected chi connectivity index (χ4v) is 3.55. The predicted molar refractivity (Wildman–Crippen MR) is 73.8 cm³/mol. The Morgan fingerprint density at radius 1 is 1.44 bits per heavy atom. The third-order valence-electron chi connectivity index (χ3n) is 3.87. The minimum Gasteiger partial charge on any atom is -0.481 e. The van der Waals surface area contributed by atoms with Crippen molar-refractivity contribution in [2.24, 2.45) is 5.92 Å². The third-order valence-corrected chi connectivity index (χ3v) is 4.61. The van der Waals surface area contributed by atoms with Gasteiger partial charge in [-0.15, -0.1) is 0 Å². The molecule has 0 saturated heterocycles. The lowest BCUT2D eigenvalue weighted by Gasteiger charge is -2.31. The van der Waals surface area contributed by atoms with Gasteiger partial charge >= 0.3 is 5.97 Å². The number of rotatable bonds is 4. The molecule has 2 rings (SSSR count). The van der Waals surface area contributed by atoms with Crippen LogP contribution >= 0.6 is 11.3 Å². The molecule has 0 bridgehead atoms. The van der Waals surface area contributed by atoms with Crippen LogP contribution in [-0.2, 0) is 11.3 Å². The highest BCUT2D eigenvalue weighted by atomic mass is 32.1. The van der Waals surface area contributed by atoms with Gasteiger partial charge < -0.3 is 5.11 Å². The molecule has 1 saturated carbocycles. The minimum atomic E-state index is -0.626. The van der Waals surface area contributed by atoms with Crippen LogP contribution in [0.2, 0.25) is 0 Å². The van der Waals surface area contributed by atoms with E-state index in [1.165, 1.54) is 12.0 Å². The van der Waals surface area contributed by atoms with Crippen LogP contribution in [0.3, 0.4) is 0 Å². The molecule has 4 heteroatoms. The molecule has 3 nitrogen and oxygen atoms in total. The van der Waals surface area contributed by atoms with Crippen LogP contribution in [0.25, 0.3) is 0 Å². The molecule has 100 valence electrons. The standard InChI is InChI=1S/C14H21NO2S/c1-15(9-11-7-8-18-10-11)13-6-4-2-3-5-12(13)14(16)17/h7-8,10,12-13H,2-6,9H2,1H3,(H,16,17). The topological polar surface area (TPSA) is 40.5 Å². The molecule has 2 unspecified atom stereocenters. The molecule has 1 aromatic heterocycles. The van der Waals surface area contributed by atoms with E-state index in [1.54, 1.807) is 11.3 Å². The molecule has 1 fully saturated rings. The number of hydrogen-bond acceptors (Lipinski definition) is 3. The van der Waals surface area contributed by atoms with Crippen LogP contribution in [0.1, 0.15) is 37.7 Å². The van der Waals surface area contributed by atoms with Gasteiger partial charge in [-0.25, -0.2) is 0 Å². The number of nitrogens with zero attached hydrogens (tertiary/aromatic N) is 1. The third kappa shape index (κ3) is 3.33. The number of aliphatic carboxylic acids is 1. The maximum absolute atomic E-state index is 11.4. The molecule has 0 radical (unpaired) electrons. The van der Waals surface area contributed by atoms with Gasteiger partial charge in [0.05, 0.1) is 5.92 Å². The maximum atomic E-state index is 11.4. The highest BCUT2D eigenvalue weighted by Crippen LogP contribution is 2.28. The summed E-state index contributed by atoms with van der Waals surface area (Å²) in [5.74, 6) is -0.824. The Kier molecular flexibility index (Phi) is 4.78. The first-order valence-electron chi connectivity index (χ1n) is 6.62. The first-order valence-corrected chi connectivity index (χ1v) is 7.57. The molecule has 2 atom stereocenters. The summed E-state index contributed by atoms with van der Waals surface area (Å²) < 4.78 is 0. The molecule has 1 heterocycles. The van der Waals surface area contributed by atoms with E-state index < -0.39 is 5.97 Å². The molecule has 1 aromatic rings. The lowest BCUT2D eigenvalue weighted by Crippen LogP contribution is -2.40. The summed E-state index contributed by atoms with van der Waals surface area (Å²) >= 11 is 1.70. The zero-order chi connectivity index (χ0) is 13.0. The van der Waals surface area contributed by atoms with Crippen molar-refractivity contribution in [1.82, 2.24) is 4.90 Å². The second kappa shape index (κ2) is 6.34. The van der Waals surface area contributed by atoms with Crippen LogP contribution in [0.15, 0.2) is 16.8 Å². The largest absolute Gasteiger partial charge is 0.481 e. The summed E-state index contributed by atoms with van der Waals surface area (Å²) in [6.07, 6.45) is 5.22. The second-order valence-corrected chi connectivity index (χ2v) is 5.98. The van der Waals surface area contributed by atoms with Crippen molar-refractivity contribution in [3.63, 3.8) is 0 Å². The Morgan fingerprint density at radius 2 is 2.22 bits per heavy atom. The maximum Gasteiger partial charge on any atom is 0.308 e. The SMILES string of the molecule is CN(Cc1ccsc1)C1CCCCCC1C(=O)O. The van der Waals surface area contributed by atoms with Gasteiger partial charge in [-0.05, 0) is 42.3 Å².